The topological polar surface area (TPSA) is 77.8 Å². The Morgan fingerprint density at radius 1 is 1.28 bits per heavy atom. The minimum absolute atomic E-state index is 0.372. The molecule has 0 amide bonds. The third kappa shape index (κ3) is 2.03. The first kappa shape index (κ1) is 11.1. The molecule has 5 nitrogen and oxygen atoms in total. The maximum Gasteiger partial charge on any atom is 0.249 e. The molecule has 1 atom stereocenters. The Kier molecular flexibility index (Phi) is 2.87. The summed E-state index contributed by atoms with van der Waals surface area (Å²) in [5.41, 5.74) is 6.86. The Hall–Kier alpha value is -2.05. The lowest BCUT2D eigenvalue weighted by Crippen LogP contribution is -2.10. The molecule has 90 valence electrons. The molecule has 3 aromatic heterocycles. The highest BCUT2D eigenvalue weighted by Gasteiger charge is 2.18. The quantitative estimate of drug-likeness (QED) is 0.779. The SMILES string of the molecule is NC(c1nc(-c2cccnc2)no1)c1cccs1. The summed E-state index contributed by atoms with van der Waals surface area (Å²) in [5, 5.41) is 5.88. The van der Waals surface area contributed by atoms with E-state index in [9.17, 15) is 0 Å². The van der Waals surface area contributed by atoms with Gasteiger partial charge in [0, 0.05) is 22.8 Å². The molecule has 0 aliphatic heterocycles. The molecule has 18 heavy (non-hydrogen) atoms. The van der Waals surface area contributed by atoms with Crippen molar-refractivity contribution in [2.75, 3.05) is 0 Å². The van der Waals surface area contributed by atoms with Gasteiger partial charge in [-0.25, -0.2) is 0 Å². The summed E-state index contributed by atoms with van der Waals surface area (Å²) in [4.78, 5) is 9.31. The van der Waals surface area contributed by atoms with Crippen molar-refractivity contribution < 1.29 is 4.52 Å². The summed E-state index contributed by atoms with van der Waals surface area (Å²) in [7, 11) is 0. The van der Waals surface area contributed by atoms with Crippen molar-refractivity contribution in [3.8, 4) is 11.4 Å². The lowest BCUT2D eigenvalue weighted by molar-refractivity contribution is 0.368. The van der Waals surface area contributed by atoms with Gasteiger partial charge in [0.15, 0.2) is 0 Å². The van der Waals surface area contributed by atoms with Gasteiger partial charge < -0.3 is 10.3 Å². The molecule has 0 radical (unpaired) electrons. The fourth-order valence-electron chi connectivity index (χ4n) is 1.56. The Bertz CT molecular complexity index is 621. The van der Waals surface area contributed by atoms with Crippen molar-refractivity contribution in [3.05, 3.63) is 52.8 Å². The number of hydrogen-bond acceptors (Lipinski definition) is 6. The van der Waals surface area contributed by atoms with Gasteiger partial charge in [0.25, 0.3) is 0 Å². The smallest absolute Gasteiger partial charge is 0.249 e. The van der Waals surface area contributed by atoms with Crippen LogP contribution in [0.1, 0.15) is 16.8 Å². The van der Waals surface area contributed by atoms with Gasteiger partial charge in [-0.05, 0) is 23.6 Å². The van der Waals surface area contributed by atoms with E-state index in [1.165, 1.54) is 0 Å². The Morgan fingerprint density at radius 2 is 2.22 bits per heavy atom. The molecule has 0 aromatic carbocycles. The molecule has 2 N–H and O–H groups in total. The molecular formula is C12H10N4OS. The summed E-state index contributed by atoms with van der Waals surface area (Å²) in [6.45, 7) is 0. The third-order valence-corrected chi connectivity index (χ3v) is 3.43. The number of rotatable bonds is 3. The monoisotopic (exact) mass is 258 g/mol. The molecule has 0 spiro atoms. The highest BCUT2D eigenvalue weighted by atomic mass is 32.1. The number of nitrogens with two attached hydrogens (primary N) is 1. The fourth-order valence-corrected chi connectivity index (χ4v) is 2.28. The number of aromatic nitrogens is 3. The van der Waals surface area contributed by atoms with Gasteiger partial charge in [0.1, 0.15) is 6.04 Å². The predicted molar refractivity (Wildman–Crippen MR) is 67.9 cm³/mol. The lowest BCUT2D eigenvalue weighted by atomic mass is 10.2. The van der Waals surface area contributed by atoms with Crippen molar-refractivity contribution in [2.45, 2.75) is 6.04 Å². The van der Waals surface area contributed by atoms with E-state index in [-0.39, 0.29) is 6.04 Å². The molecule has 0 fully saturated rings. The molecule has 0 aliphatic carbocycles. The predicted octanol–water partition coefficient (Wildman–Crippen LogP) is 2.24. The van der Waals surface area contributed by atoms with Crippen LogP contribution >= 0.6 is 11.3 Å². The first-order valence-electron chi connectivity index (χ1n) is 5.37. The zero-order valence-corrected chi connectivity index (χ0v) is 10.2. The van der Waals surface area contributed by atoms with Gasteiger partial charge in [-0.2, -0.15) is 4.98 Å². The average Bonchev–Trinajstić information content (AvgIpc) is 3.10. The Balaban J connectivity index is 1.90. The molecule has 0 saturated heterocycles. The second-order valence-corrected chi connectivity index (χ2v) is 4.67. The molecule has 3 rings (SSSR count). The first-order chi connectivity index (χ1) is 8.84. The van der Waals surface area contributed by atoms with Crippen LogP contribution in [-0.2, 0) is 0 Å². The summed E-state index contributed by atoms with van der Waals surface area (Å²) in [5.74, 6) is 0.918. The third-order valence-electron chi connectivity index (χ3n) is 2.48. The molecule has 0 bridgehead atoms. The van der Waals surface area contributed by atoms with Crippen LogP contribution in [0.15, 0.2) is 46.6 Å². The largest absolute Gasteiger partial charge is 0.337 e. The maximum absolute atomic E-state index is 6.05. The zero-order valence-electron chi connectivity index (χ0n) is 9.35. The van der Waals surface area contributed by atoms with Gasteiger partial charge in [0.05, 0.1) is 0 Å². The van der Waals surface area contributed by atoms with Crippen LogP contribution in [0.25, 0.3) is 11.4 Å². The molecule has 3 heterocycles. The fraction of sp³-hybridized carbons (Fsp3) is 0.0833. The van der Waals surface area contributed by atoms with E-state index in [1.54, 1.807) is 23.7 Å². The van der Waals surface area contributed by atoms with Gasteiger partial charge in [0.2, 0.25) is 11.7 Å². The minimum atomic E-state index is -0.372. The van der Waals surface area contributed by atoms with Crippen molar-refractivity contribution in [2.24, 2.45) is 5.73 Å². The van der Waals surface area contributed by atoms with E-state index < -0.39 is 0 Å². The molecule has 3 aromatic rings. The van der Waals surface area contributed by atoms with E-state index in [0.29, 0.717) is 11.7 Å². The van der Waals surface area contributed by atoms with Crippen LogP contribution in [-0.4, -0.2) is 15.1 Å². The van der Waals surface area contributed by atoms with Crippen molar-refractivity contribution in [3.63, 3.8) is 0 Å². The first-order valence-corrected chi connectivity index (χ1v) is 6.25. The van der Waals surface area contributed by atoms with Crippen LogP contribution in [0.3, 0.4) is 0 Å². The lowest BCUT2D eigenvalue weighted by Gasteiger charge is -2.01. The number of hydrogen-bond donors (Lipinski definition) is 1. The second kappa shape index (κ2) is 4.67. The van der Waals surface area contributed by atoms with Gasteiger partial charge >= 0.3 is 0 Å². The van der Waals surface area contributed by atoms with Gasteiger partial charge in [-0.3, -0.25) is 4.98 Å². The van der Waals surface area contributed by atoms with Crippen molar-refractivity contribution >= 4 is 11.3 Å². The standard InChI is InChI=1S/C12H10N4OS/c13-10(9-4-2-6-18-9)12-15-11(16-17-12)8-3-1-5-14-7-8/h1-7,10H,13H2. The number of pyridine rings is 1. The van der Waals surface area contributed by atoms with E-state index in [2.05, 4.69) is 15.1 Å². The molecule has 0 saturated carbocycles. The normalized spacial score (nSPS) is 12.5. The van der Waals surface area contributed by atoms with Crippen LogP contribution in [0, 0.1) is 0 Å². The summed E-state index contributed by atoms with van der Waals surface area (Å²) in [6.07, 6.45) is 3.38. The minimum Gasteiger partial charge on any atom is -0.337 e. The summed E-state index contributed by atoms with van der Waals surface area (Å²) < 4.78 is 5.20. The highest BCUT2D eigenvalue weighted by Crippen LogP contribution is 2.24. The van der Waals surface area contributed by atoms with Crippen LogP contribution in [0.5, 0.6) is 0 Å². The number of nitrogens with zero attached hydrogens (tertiary/aromatic N) is 3. The Labute approximate surface area is 107 Å². The molecular weight excluding hydrogens is 248 g/mol. The maximum atomic E-state index is 6.05. The average molecular weight is 258 g/mol. The van der Waals surface area contributed by atoms with E-state index >= 15 is 0 Å². The van der Waals surface area contributed by atoms with Crippen LogP contribution in [0.2, 0.25) is 0 Å². The van der Waals surface area contributed by atoms with Gasteiger partial charge in [-0.1, -0.05) is 11.2 Å². The zero-order chi connectivity index (χ0) is 12.4. The highest BCUT2D eigenvalue weighted by molar-refractivity contribution is 7.10. The van der Waals surface area contributed by atoms with Gasteiger partial charge in [-0.15, -0.1) is 11.3 Å². The van der Waals surface area contributed by atoms with Crippen molar-refractivity contribution in [1.82, 2.24) is 15.1 Å². The van der Waals surface area contributed by atoms with E-state index in [1.807, 2.05) is 29.6 Å². The summed E-state index contributed by atoms with van der Waals surface area (Å²) >= 11 is 1.57. The number of thiophene rings is 1. The van der Waals surface area contributed by atoms with Crippen molar-refractivity contribution in [1.29, 1.82) is 0 Å². The Morgan fingerprint density at radius 3 is 2.94 bits per heavy atom. The molecule has 6 heteroatoms. The van der Waals surface area contributed by atoms with Crippen LogP contribution < -0.4 is 5.73 Å². The van der Waals surface area contributed by atoms with E-state index in [4.69, 9.17) is 10.3 Å². The molecule has 0 aliphatic rings. The van der Waals surface area contributed by atoms with Crippen LogP contribution in [0.4, 0.5) is 0 Å². The second-order valence-electron chi connectivity index (χ2n) is 3.69. The van der Waals surface area contributed by atoms with E-state index in [0.717, 1.165) is 10.4 Å². The molecule has 1 unspecified atom stereocenters. The summed E-state index contributed by atoms with van der Waals surface area (Å²) in [6, 6.07) is 7.22.